The maximum atomic E-state index is 5.68. The average Bonchev–Trinajstić information content (AvgIpc) is 2.46. The quantitative estimate of drug-likeness (QED) is 0.871. The highest BCUT2D eigenvalue weighted by Gasteiger charge is 2.26. The Balaban J connectivity index is 1.86. The molecule has 3 nitrogen and oxygen atoms in total. The molecule has 98 valence electrons. The Bertz CT molecular complexity index is 419. The van der Waals surface area contributed by atoms with Gasteiger partial charge in [0.2, 0.25) is 0 Å². The van der Waals surface area contributed by atoms with Crippen molar-refractivity contribution in [2.75, 3.05) is 20.3 Å². The average molecular weight is 247 g/mol. The van der Waals surface area contributed by atoms with Crippen LogP contribution in [0.25, 0.3) is 0 Å². The molecule has 3 heteroatoms. The summed E-state index contributed by atoms with van der Waals surface area (Å²) >= 11 is 0. The van der Waals surface area contributed by atoms with Crippen molar-refractivity contribution in [3.63, 3.8) is 0 Å². The second-order valence-electron chi connectivity index (χ2n) is 5.19. The van der Waals surface area contributed by atoms with Gasteiger partial charge in [-0.1, -0.05) is 18.9 Å². The third-order valence-electron chi connectivity index (χ3n) is 4.13. The summed E-state index contributed by atoms with van der Waals surface area (Å²) in [6.45, 7) is 1.32. The Hall–Kier alpha value is -1.22. The van der Waals surface area contributed by atoms with Crippen LogP contribution >= 0.6 is 0 Å². The van der Waals surface area contributed by atoms with Gasteiger partial charge in [0.25, 0.3) is 0 Å². The molecule has 2 unspecified atom stereocenters. The number of hydrogen-bond donors (Lipinski definition) is 1. The van der Waals surface area contributed by atoms with Gasteiger partial charge in [-0.2, -0.15) is 0 Å². The van der Waals surface area contributed by atoms with Gasteiger partial charge in [0, 0.05) is 6.04 Å². The molecule has 1 aromatic carbocycles. The van der Waals surface area contributed by atoms with E-state index in [0.29, 0.717) is 25.2 Å². The van der Waals surface area contributed by atoms with E-state index in [1.807, 2.05) is 0 Å². The fourth-order valence-electron chi connectivity index (χ4n) is 3.17. The number of ether oxygens (including phenoxy) is 2. The van der Waals surface area contributed by atoms with Crippen LogP contribution in [-0.4, -0.2) is 26.3 Å². The van der Waals surface area contributed by atoms with Gasteiger partial charge in [0.05, 0.1) is 0 Å². The Morgan fingerprint density at radius 1 is 1.06 bits per heavy atom. The summed E-state index contributed by atoms with van der Waals surface area (Å²) in [7, 11) is 2.07. The monoisotopic (exact) mass is 247 g/mol. The molecule has 1 heterocycles. The van der Waals surface area contributed by atoms with Crippen LogP contribution in [0, 0.1) is 0 Å². The van der Waals surface area contributed by atoms with Crippen molar-refractivity contribution in [3.8, 4) is 11.5 Å². The third kappa shape index (κ3) is 2.19. The highest BCUT2D eigenvalue weighted by atomic mass is 16.6. The van der Waals surface area contributed by atoms with Gasteiger partial charge in [-0.15, -0.1) is 0 Å². The van der Waals surface area contributed by atoms with Crippen LogP contribution in [0.2, 0.25) is 0 Å². The predicted octanol–water partition coefficient (Wildman–Crippen LogP) is 2.70. The van der Waals surface area contributed by atoms with Crippen molar-refractivity contribution in [2.45, 2.75) is 37.6 Å². The topological polar surface area (TPSA) is 30.5 Å². The van der Waals surface area contributed by atoms with Crippen LogP contribution in [-0.2, 0) is 0 Å². The largest absolute Gasteiger partial charge is 0.486 e. The molecule has 1 saturated carbocycles. The number of benzene rings is 1. The van der Waals surface area contributed by atoms with Gasteiger partial charge >= 0.3 is 0 Å². The van der Waals surface area contributed by atoms with Crippen LogP contribution in [0.5, 0.6) is 11.5 Å². The lowest BCUT2D eigenvalue weighted by Crippen LogP contribution is -2.34. The summed E-state index contributed by atoms with van der Waals surface area (Å²) in [6, 6.07) is 7.04. The van der Waals surface area contributed by atoms with E-state index in [2.05, 4.69) is 30.6 Å². The summed E-state index contributed by atoms with van der Waals surface area (Å²) in [5.74, 6) is 2.42. The summed E-state index contributed by atoms with van der Waals surface area (Å²) in [5, 5.41) is 3.46. The molecule has 2 atom stereocenters. The van der Waals surface area contributed by atoms with E-state index in [-0.39, 0.29) is 0 Å². The van der Waals surface area contributed by atoms with Gasteiger partial charge in [-0.25, -0.2) is 0 Å². The summed E-state index contributed by atoms with van der Waals surface area (Å²) < 4.78 is 11.3. The van der Waals surface area contributed by atoms with E-state index >= 15 is 0 Å². The number of rotatable bonds is 2. The van der Waals surface area contributed by atoms with E-state index in [9.17, 15) is 0 Å². The van der Waals surface area contributed by atoms with Crippen LogP contribution in [0.15, 0.2) is 18.2 Å². The third-order valence-corrected chi connectivity index (χ3v) is 4.13. The first-order chi connectivity index (χ1) is 8.88. The number of hydrogen-bond acceptors (Lipinski definition) is 3. The lowest BCUT2D eigenvalue weighted by atomic mass is 9.80. The molecular formula is C15H21NO2. The lowest BCUT2D eigenvalue weighted by molar-refractivity contribution is 0.171. The van der Waals surface area contributed by atoms with Gasteiger partial charge in [-0.05, 0) is 43.5 Å². The fourth-order valence-corrected chi connectivity index (χ4v) is 3.17. The lowest BCUT2D eigenvalue weighted by Gasteiger charge is -2.32. The van der Waals surface area contributed by atoms with Crippen LogP contribution in [0.3, 0.4) is 0 Å². The summed E-state index contributed by atoms with van der Waals surface area (Å²) in [6.07, 6.45) is 5.21. The van der Waals surface area contributed by atoms with Gasteiger partial charge in [0.1, 0.15) is 13.2 Å². The standard InChI is InChI=1S/C15H21NO2/c1-16-13-5-3-2-4-12(13)11-6-7-14-15(10-11)18-9-8-17-14/h6-7,10,12-13,16H,2-5,8-9H2,1H3. The molecule has 1 N–H and O–H groups in total. The van der Waals surface area contributed by atoms with E-state index < -0.39 is 0 Å². The second kappa shape index (κ2) is 5.19. The van der Waals surface area contributed by atoms with E-state index in [1.54, 1.807) is 0 Å². The zero-order chi connectivity index (χ0) is 12.4. The van der Waals surface area contributed by atoms with Gasteiger partial charge < -0.3 is 14.8 Å². The Kier molecular flexibility index (Phi) is 3.41. The van der Waals surface area contributed by atoms with Crippen molar-refractivity contribution < 1.29 is 9.47 Å². The molecule has 0 radical (unpaired) electrons. The van der Waals surface area contributed by atoms with Crippen molar-refractivity contribution in [2.24, 2.45) is 0 Å². The Labute approximate surface area is 108 Å². The maximum Gasteiger partial charge on any atom is 0.161 e. The molecule has 0 saturated heterocycles. The minimum atomic E-state index is 0.598. The molecule has 3 rings (SSSR count). The Morgan fingerprint density at radius 2 is 1.83 bits per heavy atom. The minimum absolute atomic E-state index is 0.598. The van der Waals surface area contributed by atoms with Crippen molar-refractivity contribution in [1.29, 1.82) is 0 Å². The fraction of sp³-hybridized carbons (Fsp3) is 0.600. The van der Waals surface area contributed by atoms with Crippen LogP contribution in [0.1, 0.15) is 37.2 Å². The summed E-state index contributed by atoms with van der Waals surface area (Å²) in [5.41, 5.74) is 1.39. The molecular weight excluding hydrogens is 226 g/mol. The van der Waals surface area contributed by atoms with E-state index in [1.165, 1.54) is 31.2 Å². The zero-order valence-corrected chi connectivity index (χ0v) is 10.9. The molecule has 1 aromatic rings. The first kappa shape index (κ1) is 11.8. The molecule has 0 spiro atoms. The molecule has 2 aliphatic rings. The normalized spacial score (nSPS) is 26.9. The molecule has 0 amide bonds. The van der Waals surface area contributed by atoms with Gasteiger partial charge in [0.15, 0.2) is 11.5 Å². The first-order valence-electron chi connectivity index (χ1n) is 6.95. The van der Waals surface area contributed by atoms with Crippen molar-refractivity contribution in [1.82, 2.24) is 5.32 Å². The Morgan fingerprint density at radius 3 is 2.67 bits per heavy atom. The molecule has 18 heavy (non-hydrogen) atoms. The molecule has 1 fully saturated rings. The van der Waals surface area contributed by atoms with Crippen molar-refractivity contribution >= 4 is 0 Å². The smallest absolute Gasteiger partial charge is 0.161 e. The van der Waals surface area contributed by atoms with E-state index in [0.717, 1.165) is 11.5 Å². The highest BCUT2D eigenvalue weighted by molar-refractivity contribution is 5.45. The van der Waals surface area contributed by atoms with Crippen LogP contribution in [0.4, 0.5) is 0 Å². The predicted molar refractivity (Wildman–Crippen MR) is 71.5 cm³/mol. The number of likely N-dealkylation sites (N-methyl/N-ethyl adjacent to an activating group) is 1. The maximum absolute atomic E-state index is 5.68. The summed E-state index contributed by atoms with van der Waals surface area (Å²) in [4.78, 5) is 0. The van der Waals surface area contributed by atoms with E-state index in [4.69, 9.17) is 9.47 Å². The van der Waals surface area contributed by atoms with Gasteiger partial charge in [-0.3, -0.25) is 0 Å². The zero-order valence-electron chi connectivity index (χ0n) is 10.9. The SMILES string of the molecule is CNC1CCCCC1c1ccc2c(c1)OCCO2. The second-order valence-corrected chi connectivity index (χ2v) is 5.19. The highest BCUT2D eigenvalue weighted by Crippen LogP contribution is 2.38. The number of nitrogens with one attached hydrogen (secondary N) is 1. The van der Waals surface area contributed by atoms with Crippen molar-refractivity contribution in [3.05, 3.63) is 23.8 Å². The minimum Gasteiger partial charge on any atom is -0.486 e. The van der Waals surface area contributed by atoms with Crippen LogP contribution < -0.4 is 14.8 Å². The number of fused-ring (bicyclic) bond motifs is 1. The first-order valence-corrected chi connectivity index (χ1v) is 6.95. The molecule has 1 aliphatic carbocycles. The molecule has 1 aliphatic heterocycles. The molecule has 0 bridgehead atoms. The molecule has 0 aromatic heterocycles.